The van der Waals surface area contributed by atoms with E-state index in [1.54, 1.807) is 0 Å². The second kappa shape index (κ2) is 5.24. The molecular formula is C14H21NO. The van der Waals surface area contributed by atoms with Crippen LogP contribution in [0.15, 0.2) is 24.3 Å². The highest BCUT2D eigenvalue weighted by Gasteiger charge is 2.24. The van der Waals surface area contributed by atoms with Gasteiger partial charge in [0.25, 0.3) is 0 Å². The van der Waals surface area contributed by atoms with Gasteiger partial charge in [-0.3, -0.25) is 0 Å². The summed E-state index contributed by atoms with van der Waals surface area (Å²) in [6.07, 6.45) is 3.64. The lowest BCUT2D eigenvalue weighted by Gasteiger charge is -2.34. The molecule has 1 saturated carbocycles. The number of anilines is 1. The summed E-state index contributed by atoms with van der Waals surface area (Å²) in [5, 5.41) is 3.55. The lowest BCUT2D eigenvalue weighted by Crippen LogP contribution is -2.33. The quantitative estimate of drug-likeness (QED) is 0.815. The predicted molar refractivity (Wildman–Crippen MR) is 68.0 cm³/mol. The molecule has 0 heterocycles. The van der Waals surface area contributed by atoms with E-state index in [1.165, 1.54) is 18.5 Å². The van der Waals surface area contributed by atoms with Crippen LogP contribution in [-0.4, -0.2) is 12.6 Å². The molecule has 0 amide bonds. The summed E-state index contributed by atoms with van der Waals surface area (Å²) in [5.74, 6) is 1.86. The molecule has 2 nitrogen and oxygen atoms in total. The summed E-state index contributed by atoms with van der Waals surface area (Å²) in [6.45, 7) is 5.22. The summed E-state index contributed by atoms with van der Waals surface area (Å²) in [7, 11) is 0. The standard InChI is InChI=1S/C14H21NO/c1-3-7-16-14-6-4-5-12(10-14)15-13-8-11(2)9-13/h4-6,10-11,13,15H,3,7-9H2,1-2H3. The van der Waals surface area contributed by atoms with Crippen LogP contribution in [-0.2, 0) is 0 Å². The van der Waals surface area contributed by atoms with Gasteiger partial charge in [-0.2, -0.15) is 0 Å². The third-order valence-electron chi connectivity index (χ3n) is 3.05. The van der Waals surface area contributed by atoms with E-state index in [0.717, 1.165) is 24.7 Å². The fraction of sp³-hybridized carbons (Fsp3) is 0.571. The molecular weight excluding hydrogens is 198 g/mol. The molecule has 16 heavy (non-hydrogen) atoms. The molecule has 1 aromatic rings. The Morgan fingerprint density at radius 2 is 2.19 bits per heavy atom. The maximum Gasteiger partial charge on any atom is 0.121 e. The molecule has 0 radical (unpaired) electrons. The number of benzene rings is 1. The fourth-order valence-corrected chi connectivity index (χ4v) is 2.15. The van der Waals surface area contributed by atoms with Crippen molar-refractivity contribution in [3.05, 3.63) is 24.3 Å². The molecule has 0 unspecified atom stereocenters. The first-order valence-electron chi connectivity index (χ1n) is 6.27. The molecule has 0 bridgehead atoms. The second-order valence-electron chi connectivity index (χ2n) is 4.79. The molecule has 0 aliphatic heterocycles. The van der Waals surface area contributed by atoms with Crippen molar-refractivity contribution in [2.75, 3.05) is 11.9 Å². The van der Waals surface area contributed by atoms with Crippen LogP contribution in [0.3, 0.4) is 0 Å². The van der Waals surface area contributed by atoms with E-state index in [1.807, 2.05) is 6.07 Å². The van der Waals surface area contributed by atoms with Crippen LogP contribution in [0.2, 0.25) is 0 Å². The summed E-state index contributed by atoms with van der Waals surface area (Å²) >= 11 is 0. The molecule has 0 saturated heterocycles. The highest BCUT2D eigenvalue weighted by Crippen LogP contribution is 2.30. The molecule has 0 spiro atoms. The third kappa shape index (κ3) is 2.91. The Bertz CT molecular complexity index is 331. The van der Waals surface area contributed by atoms with E-state index in [4.69, 9.17) is 4.74 Å². The lowest BCUT2D eigenvalue weighted by molar-refractivity contribution is 0.308. The van der Waals surface area contributed by atoms with Gasteiger partial charge >= 0.3 is 0 Å². The van der Waals surface area contributed by atoms with E-state index in [0.29, 0.717) is 6.04 Å². The molecule has 2 heteroatoms. The SMILES string of the molecule is CCCOc1cccc(NC2CC(C)C2)c1. The zero-order valence-electron chi connectivity index (χ0n) is 10.2. The van der Waals surface area contributed by atoms with E-state index in [-0.39, 0.29) is 0 Å². The van der Waals surface area contributed by atoms with Gasteiger partial charge in [-0.25, -0.2) is 0 Å². The molecule has 1 fully saturated rings. The van der Waals surface area contributed by atoms with Crippen LogP contribution < -0.4 is 10.1 Å². The average Bonchev–Trinajstić information content (AvgIpc) is 2.25. The minimum atomic E-state index is 0.663. The Labute approximate surface area is 98.0 Å². The van der Waals surface area contributed by atoms with Crippen molar-refractivity contribution in [1.82, 2.24) is 0 Å². The van der Waals surface area contributed by atoms with Crippen LogP contribution >= 0.6 is 0 Å². The molecule has 1 aliphatic carbocycles. The topological polar surface area (TPSA) is 21.3 Å². The van der Waals surface area contributed by atoms with Gasteiger partial charge < -0.3 is 10.1 Å². The first-order chi connectivity index (χ1) is 7.78. The number of hydrogen-bond donors (Lipinski definition) is 1. The Morgan fingerprint density at radius 1 is 1.38 bits per heavy atom. The maximum atomic E-state index is 5.61. The average molecular weight is 219 g/mol. The van der Waals surface area contributed by atoms with Crippen LogP contribution in [0.4, 0.5) is 5.69 Å². The van der Waals surface area contributed by atoms with Gasteiger partial charge in [0.15, 0.2) is 0 Å². The highest BCUT2D eigenvalue weighted by atomic mass is 16.5. The van der Waals surface area contributed by atoms with E-state index in [2.05, 4.69) is 37.4 Å². The summed E-state index contributed by atoms with van der Waals surface area (Å²) in [6, 6.07) is 8.94. The lowest BCUT2D eigenvalue weighted by atomic mass is 9.82. The van der Waals surface area contributed by atoms with Gasteiger partial charge in [0.05, 0.1) is 6.61 Å². The monoisotopic (exact) mass is 219 g/mol. The highest BCUT2D eigenvalue weighted by molar-refractivity contribution is 5.49. The number of ether oxygens (including phenoxy) is 1. The van der Waals surface area contributed by atoms with Crippen LogP contribution in [0, 0.1) is 5.92 Å². The predicted octanol–water partition coefficient (Wildman–Crippen LogP) is 3.69. The smallest absolute Gasteiger partial charge is 0.121 e. The largest absolute Gasteiger partial charge is 0.494 e. The molecule has 1 aliphatic rings. The van der Waals surface area contributed by atoms with Crippen molar-refractivity contribution in [1.29, 1.82) is 0 Å². The first-order valence-corrected chi connectivity index (χ1v) is 6.27. The van der Waals surface area contributed by atoms with Gasteiger partial charge in [0.2, 0.25) is 0 Å². The molecule has 1 aromatic carbocycles. The van der Waals surface area contributed by atoms with Gasteiger partial charge in [-0.05, 0) is 37.3 Å². The van der Waals surface area contributed by atoms with Gasteiger partial charge in [0.1, 0.15) is 5.75 Å². The van der Waals surface area contributed by atoms with Gasteiger partial charge in [-0.15, -0.1) is 0 Å². The van der Waals surface area contributed by atoms with Crippen molar-refractivity contribution >= 4 is 5.69 Å². The van der Waals surface area contributed by atoms with E-state index >= 15 is 0 Å². The summed E-state index contributed by atoms with van der Waals surface area (Å²) < 4.78 is 5.61. The summed E-state index contributed by atoms with van der Waals surface area (Å²) in [5.41, 5.74) is 1.19. The first kappa shape index (κ1) is 11.3. The maximum absolute atomic E-state index is 5.61. The van der Waals surface area contributed by atoms with Crippen molar-refractivity contribution < 1.29 is 4.74 Å². The van der Waals surface area contributed by atoms with Crippen LogP contribution in [0.5, 0.6) is 5.75 Å². The Hall–Kier alpha value is -1.18. The van der Waals surface area contributed by atoms with E-state index < -0.39 is 0 Å². The van der Waals surface area contributed by atoms with Gasteiger partial charge in [-0.1, -0.05) is 19.9 Å². The van der Waals surface area contributed by atoms with Crippen LogP contribution in [0.25, 0.3) is 0 Å². The van der Waals surface area contributed by atoms with Gasteiger partial charge in [0, 0.05) is 17.8 Å². The normalized spacial score (nSPS) is 23.6. The van der Waals surface area contributed by atoms with Crippen molar-refractivity contribution in [2.45, 2.75) is 39.2 Å². The Morgan fingerprint density at radius 3 is 2.88 bits per heavy atom. The summed E-state index contributed by atoms with van der Waals surface area (Å²) in [4.78, 5) is 0. The minimum Gasteiger partial charge on any atom is -0.494 e. The Kier molecular flexibility index (Phi) is 3.70. The zero-order chi connectivity index (χ0) is 11.4. The molecule has 1 N–H and O–H groups in total. The number of nitrogens with one attached hydrogen (secondary N) is 1. The number of hydrogen-bond acceptors (Lipinski definition) is 2. The van der Waals surface area contributed by atoms with Crippen molar-refractivity contribution in [3.63, 3.8) is 0 Å². The fourth-order valence-electron chi connectivity index (χ4n) is 2.15. The zero-order valence-corrected chi connectivity index (χ0v) is 10.2. The van der Waals surface area contributed by atoms with Crippen molar-refractivity contribution in [2.24, 2.45) is 5.92 Å². The molecule has 2 rings (SSSR count). The third-order valence-corrected chi connectivity index (χ3v) is 3.05. The van der Waals surface area contributed by atoms with Crippen molar-refractivity contribution in [3.8, 4) is 5.75 Å². The minimum absolute atomic E-state index is 0.663. The molecule has 88 valence electrons. The van der Waals surface area contributed by atoms with Crippen LogP contribution in [0.1, 0.15) is 33.1 Å². The molecule has 0 aromatic heterocycles. The van der Waals surface area contributed by atoms with E-state index in [9.17, 15) is 0 Å². The molecule has 0 atom stereocenters. The number of rotatable bonds is 5. The second-order valence-corrected chi connectivity index (χ2v) is 4.79. The Balaban J connectivity index is 1.88.